The Morgan fingerprint density at radius 3 is 2.73 bits per heavy atom. The molecule has 0 spiro atoms. The molecule has 1 amide bonds. The molecule has 1 saturated heterocycles. The summed E-state index contributed by atoms with van der Waals surface area (Å²) in [7, 11) is 1.25. The summed E-state index contributed by atoms with van der Waals surface area (Å²) in [6.07, 6.45) is 2.70. The number of methoxy groups -OCH3 is 1. The average molecular weight is 416 g/mol. The monoisotopic (exact) mass is 416 g/mol. The van der Waals surface area contributed by atoms with Crippen molar-refractivity contribution in [2.45, 2.75) is 0 Å². The quantitative estimate of drug-likeness (QED) is 0.304. The van der Waals surface area contributed by atoms with E-state index in [1.54, 1.807) is 6.21 Å². The van der Waals surface area contributed by atoms with Crippen LogP contribution in [0.5, 0.6) is 0 Å². The molecule has 0 radical (unpaired) electrons. The zero-order valence-corrected chi connectivity index (χ0v) is 16.7. The number of fused-ring (bicyclic) bond motifs is 1. The number of hydrogen-bond donors (Lipinski definition) is 1. The van der Waals surface area contributed by atoms with Crippen molar-refractivity contribution in [3.63, 3.8) is 0 Å². The third-order valence-corrected chi connectivity index (χ3v) is 5.14. The smallest absolute Gasteiger partial charge is 0.331 e. The summed E-state index contributed by atoms with van der Waals surface area (Å²) >= 11 is 1.02. The summed E-state index contributed by atoms with van der Waals surface area (Å²) in [5, 5.41) is 11.9. The maximum Gasteiger partial charge on any atom is 0.331 e. The number of nitrogens with zero attached hydrogens (tertiary/aromatic N) is 3. The third kappa shape index (κ3) is 4.44. The van der Waals surface area contributed by atoms with Crippen LogP contribution in [0.2, 0.25) is 0 Å². The number of ether oxygens (including phenoxy) is 1. The number of rotatable bonds is 4. The molecule has 0 bridgehead atoms. The molecule has 0 atom stereocenters. The largest absolute Gasteiger partial charge is 0.466 e. The fourth-order valence-electron chi connectivity index (χ4n) is 2.77. The Bertz CT molecular complexity index is 1220. The van der Waals surface area contributed by atoms with Crippen LogP contribution >= 0.6 is 11.8 Å². The van der Waals surface area contributed by atoms with Gasteiger partial charge in [0.25, 0.3) is 5.91 Å². The van der Waals surface area contributed by atoms with E-state index in [2.05, 4.69) is 20.3 Å². The first-order chi connectivity index (χ1) is 14.6. The number of thioether (sulfide) groups is 1. The molecule has 1 fully saturated rings. The molecule has 0 saturated carbocycles. The van der Waals surface area contributed by atoms with E-state index in [1.807, 2.05) is 60.7 Å². The highest BCUT2D eigenvalue weighted by atomic mass is 32.2. The van der Waals surface area contributed by atoms with Crippen LogP contribution in [0.1, 0.15) is 5.56 Å². The molecule has 8 heteroatoms. The summed E-state index contributed by atoms with van der Waals surface area (Å²) in [5.41, 5.74) is 3.62. The lowest BCUT2D eigenvalue weighted by molar-refractivity contribution is -0.135. The molecule has 30 heavy (non-hydrogen) atoms. The normalized spacial score (nSPS) is 16.5. The molecular weight excluding hydrogens is 400 g/mol. The van der Waals surface area contributed by atoms with Crippen LogP contribution in [0.3, 0.4) is 0 Å². The Kier molecular flexibility index (Phi) is 5.67. The molecule has 148 valence electrons. The van der Waals surface area contributed by atoms with Crippen LogP contribution in [0.25, 0.3) is 22.2 Å². The van der Waals surface area contributed by atoms with Crippen LogP contribution in [-0.2, 0) is 14.3 Å². The maximum atomic E-state index is 11.8. The minimum absolute atomic E-state index is 0.208. The van der Waals surface area contributed by atoms with Crippen molar-refractivity contribution in [2.75, 3.05) is 7.11 Å². The van der Waals surface area contributed by atoms with E-state index in [0.717, 1.165) is 45.6 Å². The Balaban J connectivity index is 1.53. The van der Waals surface area contributed by atoms with Gasteiger partial charge < -0.3 is 4.74 Å². The van der Waals surface area contributed by atoms with Crippen molar-refractivity contribution in [3.8, 4) is 11.3 Å². The summed E-state index contributed by atoms with van der Waals surface area (Å²) in [6, 6.07) is 19.8. The standard InChI is InChI=1S/C22H16N4O3S/c1-29-20(27)12-19-21(28)25-22(30-19)26-23-13-14-7-8-16-9-10-17(24-18(16)11-14)15-5-3-2-4-6-15/h2-13H,1H3,(H,25,26,28)/b19-12+,23-13?. The SMILES string of the molecule is COC(=O)/C=C1/S/C(=N\N=Cc2ccc3ccc(-c4ccccc4)nc3c2)NC1=O. The molecule has 0 aliphatic carbocycles. The second-order valence-electron chi connectivity index (χ2n) is 6.25. The first-order valence-electron chi connectivity index (χ1n) is 8.98. The Hall–Kier alpha value is -3.78. The van der Waals surface area contributed by atoms with Gasteiger partial charge in [0.15, 0.2) is 5.17 Å². The van der Waals surface area contributed by atoms with Crippen molar-refractivity contribution in [1.82, 2.24) is 10.3 Å². The van der Waals surface area contributed by atoms with Gasteiger partial charge in [-0.3, -0.25) is 10.1 Å². The van der Waals surface area contributed by atoms with Crippen LogP contribution in [0.15, 0.2) is 81.8 Å². The molecule has 2 aromatic carbocycles. The van der Waals surface area contributed by atoms with Crippen LogP contribution in [0.4, 0.5) is 0 Å². The molecule has 1 N–H and O–H groups in total. The Morgan fingerprint density at radius 2 is 1.93 bits per heavy atom. The number of carbonyl (C=O) groups is 2. The van der Waals surface area contributed by atoms with Gasteiger partial charge >= 0.3 is 5.97 Å². The van der Waals surface area contributed by atoms with Crippen molar-refractivity contribution in [3.05, 3.63) is 77.2 Å². The summed E-state index contributed by atoms with van der Waals surface area (Å²) in [6.45, 7) is 0. The summed E-state index contributed by atoms with van der Waals surface area (Å²) in [5.74, 6) is -1.02. The lowest BCUT2D eigenvalue weighted by atomic mass is 10.1. The molecular formula is C22H16N4O3S. The number of carbonyl (C=O) groups excluding carboxylic acids is 2. The summed E-state index contributed by atoms with van der Waals surface area (Å²) < 4.78 is 4.52. The van der Waals surface area contributed by atoms with Gasteiger partial charge in [0.2, 0.25) is 0 Å². The van der Waals surface area contributed by atoms with E-state index in [1.165, 1.54) is 7.11 Å². The number of nitrogens with one attached hydrogen (secondary N) is 1. The highest BCUT2D eigenvalue weighted by molar-refractivity contribution is 8.18. The number of hydrogen-bond acceptors (Lipinski definition) is 7. The molecule has 4 rings (SSSR count). The van der Waals surface area contributed by atoms with Gasteiger partial charge in [-0.25, -0.2) is 9.78 Å². The van der Waals surface area contributed by atoms with Gasteiger partial charge in [-0.15, -0.1) is 5.10 Å². The topological polar surface area (TPSA) is 93.0 Å². The predicted molar refractivity (Wildman–Crippen MR) is 118 cm³/mol. The Morgan fingerprint density at radius 1 is 1.13 bits per heavy atom. The molecule has 1 aromatic heterocycles. The number of pyridine rings is 1. The minimum Gasteiger partial charge on any atom is -0.466 e. The van der Waals surface area contributed by atoms with E-state index < -0.39 is 11.9 Å². The lowest BCUT2D eigenvalue weighted by Gasteiger charge is -2.04. The zero-order valence-electron chi connectivity index (χ0n) is 15.9. The molecule has 0 unspecified atom stereocenters. The second-order valence-corrected chi connectivity index (χ2v) is 7.28. The van der Waals surface area contributed by atoms with Gasteiger partial charge in [-0.05, 0) is 29.5 Å². The van der Waals surface area contributed by atoms with Gasteiger partial charge in [-0.2, -0.15) is 5.10 Å². The van der Waals surface area contributed by atoms with Gasteiger partial charge in [0.05, 0.1) is 29.4 Å². The van der Waals surface area contributed by atoms with Crippen LogP contribution < -0.4 is 5.32 Å². The van der Waals surface area contributed by atoms with Crippen molar-refractivity contribution >= 4 is 45.9 Å². The highest BCUT2D eigenvalue weighted by Crippen LogP contribution is 2.24. The number of aromatic nitrogens is 1. The number of benzene rings is 2. The lowest BCUT2D eigenvalue weighted by Crippen LogP contribution is -2.19. The zero-order chi connectivity index (χ0) is 20.9. The summed E-state index contributed by atoms with van der Waals surface area (Å²) in [4.78, 5) is 28.0. The fraction of sp³-hybridized carbons (Fsp3) is 0.0455. The van der Waals surface area contributed by atoms with Gasteiger partial charge in [-0.1, -0.05) is 48.5 Å². The molecule has 1 aliphatic rings. The first kappa shape index (κ1) is 19.5. The fourth-order valence-corrected chi connectivity index (χ4v) is 3.51. The Labute approximate surface area is 176 Å². The number of esters is 1. The molecule has 3 aromatic rings. The second kappa shape index (κ2) is 8.71. The minimum atomic E-state index is -0.601. The van der Waals surface area contributed by atoms with E-state index in [4.69, 9.17) is 4.98 Å². The average Bonchev–Trinajstić information content (AvgIpc) is 3.12. The number of amidine groups is 1. The van der Waals surface area contributed by atoms with E-state index in [-0.39, 0.29) is 10.1 Å². The van der Waals surface area contributed by atoms with E-state index >= 15 is 0 Å². The maximum absolute atomic E-state index is 11.8. The van der Waals surface area contributed by atoms with Crippen LogP contribution in [-0.4, -0.2) is 35.4 Å². The molecule has 1 aliphatic heterocycles. The van der Waals surface area contributed by atoms with E-state index in [9.17, 15) is 9.59 Å². The van der Waals surface area contributed by atoms with Crippen LogP contribution in [0, 0.1) is 0 Å². The highest BCUT2D eigenvalue weighted by Gasteiger charge is 2.24. The molecule has 2 heterocycles. The van der Waals surface area contributed by atoms with Crippen molar-refractivity contribution in [1.29, 1.82) is 0 Å². The van der Waals surface area contributed by atoms with E-state index in [0.29, 0.717) is 0 Å². The van der Waals surface area contributed by atoms with Crippen molar-refractivity contribution < 1.29 is 14.3 Å². The predicted octanol–water partition coefficient (Wildman–Crippen LogP) is 3.51. The van der Waals surface area contributed by atoms with Gasteiger partial charge in [0.1, 0.15) is 0 Å². The van der Waals surface area contributed by atoms with Crippen molar-refractivity contribution in [2.24, 2.45) is 10.2 Å². The van der Waals surface area contributed by atoms with Gasteiger partial charge in [0, 0.05) is 17.0 Å². The first-order valence-corrected chi connectivity index (χ1v) is 9.80. The molecule has 7 nitrogen and oxygen atoms in total. The number of amides is 1. The third-order valence-electron chi connectivity index (χ3n) is 4.24.